The van der Waals surface area contributed by atoms with Crippen LogP contribution in [0.3, 0.4) is 0 Å². The predicted molar refractivity (Wildman–Crippen MR) is 73.6 cm³/mol. The maximum atomic E-state index is 11.8. The van der Waals surface area contributed by atoms with Crippen molar-refractivity contribution < 1.29 is 4.79 Å². The van der Waals surface area contributed by atoms with Gasteiger partial charge in [-0.15, -0.1) is 0 Å². The zero-order valence-electron chi connectivity index (χ0n) is 11.8. The fourth-order valence-electron chi connectivity index (χ4n) is 1.69. The number of hydrogen-bond acceptors (Lipinski definition) is 4. The van der Waals surface area contributed by atoms with Crippen molar-refractivity contribution in [2.75, 3.05) is 25.5 Å². The van der Waals surface area contributed by atoms with Crippen molar-refractivity contribution in [3.05, 3.63) is 11.8 Å². The monoisotopic (exact) mass is 263 g/mol. The number of rotatable bonds is 7. The molecule has 1 heterocycles. The number of aromatic nitrogens is 2. The summed E-state index contributed by atoms with van der Waals surface area (Å²) in [5.41, 5.74) is 0.384. The van der Waals surface area contributed by atoms with Gasteiger partial charge in [0.25, 0.3) is 0 Å². The van der Waals surface area contributed by atoms with Crippen LogP contribution in [0.25, 0.3) is 0 Å². The molecule has 0 aliphatic carbocycles. The van der Waals surface area contributed by atoms with E-state index in [4.69, 9.17) is 5.26 Å². The van der Waals surface area contributed by atoms with Crippen molar-refractivity contribution in [3.8, 4) is 6.07 Å². The number of anilines is 1. The fraction of sp³-hybridized carbons (Fsp3) is 0.615. The third-order valence-electron chi connectivity index (χ3n) is 2.93. The van der Waals surface area contributed by atoms with Crippen molar-refractivity contribution in [2.24, 2.45) is 7.05 Å². The van der Waals surface area contributed by atoms with Crippen molar-refractivity contribution in [1.29, 1.82) is 5.26 Å². The molecule has 0 unspecified atom stereocenters. The van der Waals surface area contributed by atoms with E-state index >= 15 is 0 Å². The second-order valence-electron chi connectivity index (χ2n) is 4.60. The zero-order chi connectivity index (χ0) is 14.3. The Hall–Kier alpha value is -1.87. The van der Waals surface area contributed by atoms with Gasteiger partial charge in [-0.05, 0) is 20.0 Å². The molecule has 0 saturated carbocycles. The van der Waals surface area contributed by atoms with Gasteiger partial charge in [-0.3, -0.25) is 9.48 Å². The van der Waals surface area contributed by atoms with Gasteiger partial charge in [-0.25, -0.2) is 0 Å². The van der Waals surface area contributed by atoms with Crippen molar-refractivity contribution in [3.63, 3.8) is 0 Å². The molecule has 0 atom stereocenters. The van der Waals surface area contributed by atoms with Gasteiger partial charge >= 0.3 is 0 Å². The number of carbonyl (C=O) groups excluding carboxylic acids is 1. The Balaban J connectivity index is 2.43. The van der Waals surface area contributed by atoms with E-state index < -0.39 is 0 Å². The maximum absolute atomic E-state index is 11.8. The van der Waals surface area contributed by atoms with Crippen LogP contribution in [-0.4, -0.2) is 40.7 Å². The van der Waals surface area contributed by atoms with Crippen LogP contribution in [0.1, 0.15) is 31.7 Å². The molecule has 0 aromatic carbocycles. The average Bonchev–Trinajstić information content (AvgIpc) is 2.75. The van der Waals surface area contributed by atoms with E-state index in [-0.39, 0.29) is 5.91 Å². The standard InChI is InChI=1S/C13H21N5O/c1-4-5-7-17(2)8-6-12(19)16-13-11(9-14)10-15-18(13)3/h10H,4-8H2,1-3H3,(H,16,19). The van der Waals surface area contributed by atoms with Crippen molar-refractivity contribution in [1.82, 2.24) is 14.7 Å². The van der Waals surface area contributed by atoms with E-state index in [0.717, 1.165) is 19.4 Å². The normalized spacial score (nSPS) is 10.5. The van der Waals surface area contributed by atoms with E-state index in [1.54, 1.807) is 7.05 Å². The summed E-state index contributed by atoms with van der Waals surface area (Å²) in [4.78, 5) is 14.0. The Labute approximate surface area is 114 Å². The largest absolute Gasteiger partial charge is 0.310 e. The minimum Gasteiger partial charge on any atom is -0.310 e. The van der Waals surface area contributed by atoms with Crippen LogP contribution in [0.4, 0.5) is 5.82 Å². The number of carbonyl (C=O) groups is 1. The van der Waals surface area contributed by atoms with Gasteiger partial charge in [0.2, 0.25) is 5.91 Å². The molecule has 6 nitrogen and oxygen atoms in total. The summed E-state index contributed by atoms with van der Waals surface area (Å²) in [7, 11) is 3.71. The first kappa shape index (κ1) is 15.2. The van der Waals surface area contributed by atoms with Crippen molar-refractivity contribution >= 4 is 11.7 Å². The van der Waals surface area contributed by atoms with Crippen LogP contribution in [0.15, 0.2) is 6.20 Å². The second-order valence-corrected chi connectivity index (χ2v) is 4.60. The smallest absolute Gasteiger partial charge is 0.226 e. The van der Waals surface area contributed by atoms with Gasteiger partial charge in [-0.1, -0.05) is 13.3 Å². The number of amides is 1. The van der Waals surface area contributed by atoms with E-state index in [2.05, 4.69) is 22.2 Å². The molecular formula is C13H21N5O. The summed E-state index contributed by atoms with van der Waals surface area (Å²) in [5, 5.41) is 15.6. The lowest BCUT2D eigenvalue weighted by atomic mass is 10.3. The number of aryl methyl sites for hydroxylation is 1. The first-order valence-electron chi connectivity index (χ1n) is 6.49. The Morgan fingerprint density at radius 1 is 1.58 bits per heavy atom. The van der Waals surface area contributed by atoms with Crippen LogP contribution in [-0.2, 0) is 11.8 Å². The van der Waals surface area contributed by atoms with Crippen LogP contribution < -0.4 is 5.32 Å². The molecule has 1 aromatic heterocycles. The fourth-order valence-corrected chi connectivity index (χ4v) is 1.69. The van der Waals surface area contributed by atoms with E-state index in [9.17, 15) is 4.79 Å². The molecule has 6 heteroatoms. The number of nitrogens with one attached hydrogen (secondary N) is 1. The molecule has 0 aliphatic rings. The minimum atomic E-state index is -0.0940. The molecule has 1 aromatic rings. The minimum absolute atomic E-state index is 0.0940. The highest BCUT2D eigenvalue weighted by atomic mass is 16.1. The van der Waals surface area contributed by atoms with Crippen LogP contribution in [0, 0.1) is 11.3 Å². The third-order valence-corrected chi connectivity index (χ3v) is 2.93. The van der Waals surface area contributed by atoms with E-state index in [0.29, 0.717) is 24.3 Å². The Kier molecular flexibility index (Phi) is 6.03. The van der Waals surface area contributed by atoms with Crippen LogP contribution in [0.5, 0.6) is 0 Å². The van der Waals surface area contributed by atoms with Gasteiger partial charge in [0.1, 0.15) is 17.5 Å². The third kappa shape index (κ3) is 4.72. The molecule has 0 fully saturated rings. The molecule has 0 radical (unpaired) electrons. The highest BCUT2D eigenvalue weighted by Gasteiger charge is 2.11. The van der Waals surface area contributed by atoms with Crippen molar-refractivity contribution in [2.45, 2.75) is 26.2 Å². The lowest BCUT2D eigenvalue weighted by Crippen LogP contribution is -2.25. The first-order valence-corrected chi connectivity index (χ1v) is 6.49. The Morgan fingerprint density at radius 3 is 2.95 bits per heavy atom. The lowest BCUT2D eigenvalue weighted by Gasteiger charge is -2.15. The predicted octanol–water partition coefficient (Wildman–Crippen LogP) is 1.35. The van der Waals surface area contributed by atoms with Crippen LogP contribution in [0.2, 0.25) is 0 Å². The maximum Gasteiger partial charge on any atom is 0.226 e. The summed E-state index contributed by atoms with van der Waals surface area (Å²) in [6.45, 7) is 3.86. The number of nitrogens with zero attached hydrogens (tertiary/aromatic N) is 4. The highest BCUT2D eigenvalue weighted by Crippen LogP contribution is 2.12. The second kappa shape index (κ2) is 7.54. The molecule has 1 N–H and O–H groups in total. The first-order chi connectivity index (χ1) is 9.08. The number of hydrogen-bond donors (Lipinski definition) is 1. The van der Waals surface area contributed by atoms with Gasteiger partial charge in [0.05, 0.1) is 6.20 Å². The average molecular weight is 263 g/mol. The van der Waals surface area contributed by atoms with Crippen LogP contribution >= 0.6 is 0 Å². The topological polar surface area (TPSA) is 74.0 Å². The Bertz CT molecular complexity index is 460. The van der Waals surface area contributed by atoms with E-state index in [1.165, 1.54) is 10.9 Å². The van der Waals surface area contributed by atoms with Gasteiger partial charge in [0.15, 0.2) is 0 Å². The lowest BCUT2D eigenvalue weighted by molar-refractivity contribution is -0.116. The molecule has 0 bridgehead atoms. The summed E-state index contributed by atoms with van der Waals surface area (Å²) in [6.07, 6.45) is 4.15. The quantitative estimate of drug-likeness (QED) is 0.806. The molecular weight excluding hydrogens is 242 g/mol. The number of nitriles is 1. The molecule has 104 valence electrons. The van der Waals surface area contributed by atoms with Gasteiger partial charge in [-0.2, -0.15) is 10.4 Å². The zero-order valence-corrected chi connectivity index (χ0v) is 11.8. The highest BCUT2D eigenvalue weighted by molar-refractivity contribution is 5.91. The Morgan fingerprint density at radius 2 is 2.32 bits per heavy atom. The summed E-state index contributed by atoms with van der Waals surface area (Å²) < 4.78 is 1.50. The molecule has 1 rings (SSSR count). The summed E-state index contributed by atoms with van der Waals surface area (Å²) in [6, 6.07) is 2.01. The molecule has 0 saturated heterocycles. The van der Waals surface area contributed by atoms with E-state index in [1.807, 2.05) is 13.1 Å². The van der Waals surface area contributed by atoms with Gasteiger partial charge < -0.3 is 10.2 Å². The number of unbranched alkanes of at least 4 members (excludes halogenated alkanes) is 1. The summed E-state index contributed by atoms with van der Waals surface area (Å²) in [5.74, 6) is 0.368. The summed E-state index contributed by atoms with van der Waals surface area (Å²) >= 11 is 0. The molecule has 1 amide bonds. The molecule has 0 spiro atoms. The SMILES string of the molecule is CCCCN(C)CCC(=O)Nc1c(C#N)cnn1C. The molecule has 0 aliphatic heterocycles. The molecule has 19 heavy (non-hydrogen) atoms. The van der Waals surface area contributed by atoms with Gasteiger partial charge in [0, 0.05) is 20.0 Å².